The summed E-state index contributed by atoms with van der Waals surface area (Å²) in [6.07, 6.45) is 7.28. The summed E-state index contributed by atoms with van der Waals surface area (Å²) in [5, 5.41) is 0. The number of benzene rings is 1. The van der Waals surface area contributed by atoms with Crippen LogP contribution < -0.4 is 0 Å². The lowest BCUT2D eigenvalue weighted by molar-refractivity contribution is -0.129. The lowest BCUT2D eigenvalue weighted by atomic mass is 9.74. The number of hydrogen-bond donors (Lipinski definition) is 0. The minimum Gasteiger partial charge on any atom is -0.447 e. The van der Waals surface area contributed by atoms with E-state index in [1.54, 1.807) is 0 Å². The van der Waals surface area contributed by atoms with Gasteiger partial charge < -0.3 is 4.74 Å². The number of cyclic esters (lactones) is 1. The molecular weight excluding hydrogens is 326 g/mol. The quantitative estimate of drug-likeness (QED) is 0.803. The van der Waals surface area contributed by atoms with Crippen LogP contribution in [-0.4, -0.2) is 29.5 Å². The minimum atomic E-state index is -0.454. The van der Waals surface area contributed by atoms with Gasteiger partial charge in [0, 0.05) is 6.42 Å². The van der Waals surface area contributed by atoms with Crippen LogP contribution in [0.1, 0.15) is 44.1 Å². The fourth-order valence-electron chi connectivity index (χ4n) is 6.54. The number of carbonyl (C=O) groups excluding carboxylic acids is 2. The van der Waals surface area contributed by atoms with Crippen LogP contribution in [0.25, 0.3) is 0 Å². The van der Waals surface area contributed by atoms with Gasteiger partial charge in [0.05, 0.1) is 6.04 Å². The molecule has 0 unspecified atom stereocenters. The number of amides is 2. The van der Waals surface area contributed by atoms with Gasteiger partial charge in [-0.2, -0.15) is 0 Å². The number of carbonyl (C=O) groups is 2. The van der Waals surface area contributed by atoms with E-state index in [9.17, 15) is 9.59 Å². The molecule has 5 aliphatic rings. The fourth-order valence-corrected chi connectivity index (χ4v) is 6.54. The molecule has 1 heterocycles. The molecule has 0 spiro atoms. The Morgan fingerprint density at radius 3 is 2.69 bits per heavy atom. The van der Waals surface area contributed by atoms with E-state index in [0.29, 0.717) is 25.4 Å². The van der Waals surface area contributed by atoms with Gasteiger partial charge in [-0.1, -0.05) is 30.3 Å². The van der Waals surface area contributed by atoms with Crippen molar-refractivity contribution in [3.63, 3.8) is 0 Å². The Labute approximate surface area is 154 Å². The third-order valence-corrected chi connectivity index (χ3v) is 7.48. The Balaban J connectivity index is 1.22. The number of ether oxygens (including phenoxy) is 1. The van der Waals surface area contributed by atoms with Gasteiger partial charge >= 0.3 is 6.09 Å². The van der Waals surface area contributed by atoms with E-state index < -0.39 is 6.09 Å². The van der Waals surface area contributed by atoms with Crippen LogP contribution in [0.2, 0.25) is 0 Å². The van der Waals surface area contributed by atoms with Gasteiger partial charge in [-0.15, -0.1) is 0 Å². The molecule has 138 valence electrons. The zero-order valence-electron chi connectivity index (χ0n) is 15.2. The topological polar surface area (TPSA) is 46.6 Å². The Kier molecular flexibility index (Phi) is 4.02. The molecule has 5 fully saturated rings. The molecule has 1 aromatic carbocycles. The van der Waals surface area contributed by atoms with Crippen molar-refractivity contribution in [3.8, 4) is 0 Å². The second kappa shape index (κ2) is 6.40. The van der Waals surface area contributed by atoms with Crippen molar-refractivity contribution in [3.05, 3.63) is 35.9 Å². The van der Waals surface area contributed by atoms with Crippen LogP contribution in [0, 0.1) is 29.6 Å². The second-order valence-electron chi connectivity index (χ2n) is 8.88. The highest BCUT2D eigenvalue weighted by molar-refractivity contribution is 5.93. The summed E-state index contributed by atoms with van der Waals surface area (Å²) in [5.41, 5.74) is 1.14. The maximum absolute atomic E-state index is 12.8. The molecule has 0 aromatic heterocycles. The number of rotatable bonds is 5. The lowest BCUT2D eigenvalue weighted by Crippen LogP contribution is -2.40. The van der Waals surface area contributed by atoms with Gasteiger partial charge in [0.2, 0.25) is 5.91 Å². The van der Waals surface area contributed by atoms with Crippen molar-refractivity contribution < 1.29 is 14.3 Å². The van der Waals surface area contributed by atoms with E-state index in [-0.39, 0.29) is 11.9 Å². The molecule has 4 saturated carbocycles. The Hall–Kier alpha value is -1.84. The van der Waals surface area contributed by atoms with Crippen molar-refractivity contribution in [2.24, 2.45) is 29.6 Å². The summed E-state index contributed by atoms with van der Waals surface area (Å²) >= 11 is 0. The Morgan fingerprint density at radius 1 is 1.08 bits per heavy atom. The summed E-state index contributed by atoms with van der Waals surface area (Å²) < 4.78 is 5.21. The van der Waals surface area contributed by atoms with E-state index in [1.807, 2.05) is 30.3 Å². The first-order chi connectivity index (χ1) is 12.7. The zero-order valence-corrected chi connectivity index (χ0v) is 15.2. The molecule has 1 aliphatic heterocycles. The van der Waals surface area contributed by atoms with Crippen molar-refractivity contribution in [1.82, 2.24) is 4.90 Å². The third kappa shape index (κ3) is 2.74. The normalized spacial score (nSPS) is 37.4. The van der Waals surface area contributed by atoms with E-state index in [1.165, 1.54) is 30.6 Å². The number of nitrogens with zero attached hydrogens (tertiary/aromatic N) is 1. The van der Waals surface area contributed by atoms with Crippen LogP contribution in [0.5, 0.6) is 0 Å². The summed E-state index contributed by atoms with van der Waals surface area (Å²) in [6.45, 7) is 0.317. The lowest BCUT2D eigenvalue weighted by Gasteiger charge is -2.32. The highest BCUT2D eigenvalue weighted by atomic mass is 16.6. The highest BCUT2D eigenvalue weighted by Crippen LogP contribution is 2.62. The van der Waals surface area contributed by atoms with Gasteiger partial charge in [0.25, 0.3) is 0 Å². The predicted molar refractivity (Wildman–Crippen MR) is 97.3 cm³/mol. The monoisotopic (exact) mass is 353 g/mol. The molecule has 6 rings (SSSR count). The molecule has 0 radical (unpaired) electrons. The molecule has 26 heavy (non-hydrogen) atoms. The molecule has 4 aliphatic carbocycles. The molecule has 4 bridgehead atoms. The van der Waals surface area contributed by atoms with Crippen LogP contribution >= 0.6 is 0 Å². The van der Waals surface area contributed by atoms with Crippen molar-refractivity contribution >= 4 is 12.0 Å². The first-order valence-corrected chi connectivity index (χ1v) is 10.2. The predicted octanol–water partition coefficient (Wildman–Crippen LogP) is 4.04. The average molecular weight is 353 g/mol. The first kappa shape index (κ1) is 16.3. The number of imide groups is 1. The minimum absolute atomic E-state index is 0.0363. The standard InChI is InChI=1S/C22H27NO3/c24-21(7-6-19-16-8-15-9-17(12-16)20(19)11-15)23-18(13-26-22(23)25)10-14-4-2-1-3-5-14/h1-5,15-20H,6-13H2/t15-,16+,17+,18+,19+,20+/m1/s1. The zero-order chi connectivity index (χ0) is 17.7. The Bertz CT molecular complexity index is 699. The van der Waals surface area contributed by atoms with Crippen molar-refractivity contribution in [2.45, 2.75) is 51.0 Å². The maximum atomic E-state index is 12.8. The van der Waals surface area contributed by atoms with Gasteiger partial charge in [0.15, 0.2) is 0 Å². The molecule has 1 aromatic rings. The number of hydrogen-bond acceptors (Lipinski definition) is 3. The average Bonchev–Trinajstić information content (AvgIpc) is 3.22. The van der Waals surface area contributed by atoms with E-state index in [2.05, 4.69) is 0 Å². The first-order valence-electron chi connectivity index (χ1n) is 10.2. The molecule has 1 saturated heterocycles. The molecule has 2 amide bonds. The molecule has 6 atom stereocenters. The van der Waals surface area contributed by atoms with Crippen LogP contribution in [0.4, 0.5) is 4.79 Å². The van der Waals surface area contributed by atoms with E-state index in [4.69, 9.17) is 4.74 Å². The summed E-state index contributed by atoms with van der Waals surface area (Å²) in [5.74, 6) is 4.29. The largest absolute Gasteiger partial charge is 0.447 e. The molecule has 4 heteroatoms. The maximum Gasteiger partial charge on any atom is 0.416 e. The van der Waals surface area contributed by atoms with Gasteiger partial charge in [0.1, 0.15) is 6.61 Å². The SMILES string of the molecule is O=C(CC[C@H]1[C@H]2C[C@@H]3C[C@@H](C2)[C@@H]1C3)N1C(=O)OC[C@@H]1Cc1ccccc1. The smallest absolute Gasteiger partial charge is 0.416 e. The van der Waals surface area contributed by atoms with Gasteiger partial charge in [-0.3, -0.25) is 4.79 Å². The van der Waals surface area contributed by atoms with Crippen molar-refractivity contribution in [2.75, 3.05) is 6.61 Å². The molecule has 0 N–H and O–H groups in total. The summed E-state index contributed by atoms with van der Waals surface area (Å²) in [4.78, 5) is 26.4. The van der Waals surface area contributed by atoms with Crippen molar-refractivity contribution in [1.29, 1.82) is 0 Å². The van der Waals surface area contributed by atoms with E-state index >= 15 is 0 Å². The van der Waals surface area contributed by atoms with E-state index in [0.717, 1.165) is 35.7 Å². The van der Waals surface area contributed by atoms with Crippen LogP contribution in [0.15, 0.2) is 30.3 Å². The molecular formula is C22H27NO3. The molecule has 4 nitrogen and oxygen atoms in total. The third-order valence-electron chi connectivity index (χ3n) is 7.48. The highest BCUT2D eigenvalue weighted by Gasteiger charge is 2.53. The fraction of sp³-hybridized carbons (Fsp3) is 0.636. The van der Waals surface area contributed by atoms with Crippen LogP contribution in [0.3, 0.4) is 0 Å². The van der Waals surface area contributed by atoms with Crippen LogP contribution in [-0.2, 0) is 16.0 Å². The summed E-state index contributed by atoms with van der Waals surface area (Å²) in [7, 11) is 0. The van der Waals surface area contributed by atoms with Gasteiger partial charge in [-0.25, -0.2) is 9.69 Å². The summed E-state index contributed by atoms with van der Waals surface area (Å²) in [6, 6.07) is 9.88. The Morgan fingerprint density at radius 2 is 1.88 bits per heavy atom. The van der Waals surface area contributed by atoms with Gasteiger partial charge in [-0.05, 0) is 73.7 Å². The second-order valence-corrected chi connectivity index (χ2v) is 8.88.